The van der Waals surface area contributed by atoms with E-state index in [2.05, 4.69) is 26.0 Å². The number of nitrogen functional groups attached to an aromatic ring is 1. The lowest BCUT2D eigenvalue weighted by atomic mass is 10.3. The fourth-order valence-electron chi connectivity index (χ4n) is 2.17. The van der Waals surface area contributed by atoms with Gasteiger partial charge in [0.1, 0.15) is 0 Å². The van der Waals surface area contributed by atoms with Crippen LogP contribution in [0.5, 0.6) is 0 Å². The van der Waals surface area contributed by atoms with Gasteiger partial charge < -0.3 is 10.3 Å². The Morgan fingerprint density at radius 1 is 1.26 bits per heavy atom. The van der Waals surface area contributed by atoms with E-state index >= 15 is 0 Å². The molecule has 0 unspecified atom stereocenters. The lowest BCUT2D eigenvalue weighted by Crippen LogP contribution is -2.07. The Morgan fingerprint density at radius 3 is 2.95 bits per heavy atom. The second-order valence-electron chi connectivity index (χ2n) is 4.38. The van der Waals surface area contributed by atoms with Crippen LogP contribution in [0.15, 0.2) is 41.1 Å². The first kappa shape index (κ1) is 12.2. The topological polar surface area (TPSA) is 61.7 Å². The monoisotopic (exact) mass is 319 g/mol. The van der Waals surface area contributed by atoms with E-state index in [4.69, 9.17) is 5.73 Å². The van der Waals surface area contributed by atoms with Gasteiger partial charge in [0.05, 0.1) is 11.0 Å². The Labute approximate surface area is 119 Å². The van der Waals surface area contributed by atoms with Crippen LogP contribution in [-0.4, -0.2) is 19.3 Å². The van der Waals surface area contributed by atoms with Gasteiger partial charge in [-0.2, -0.15) is 5.10 Å². The van der Waals surface area contributed by atoms with E-state index in [1.807, 2.05) is 39.7 Å². The van der Waals surface area contributed by atoms with E-state index in [-0.39, 0.29) is 0 Å². The minimum absolute atomic E-state index is 0.563. The summed E-state index contributed by atoms with van der Waals surface area (Å²) in [6, 6.07) is 7.92. The molecule has 0 aliphatic heterocycles. The van der Waals surface area contributed by atoms with E-state index < -0.39 is 0 Å². The fourth-order valence-corrected chi connectivity index (χ4v) is 2.52. The highest BCUT2D eigenvalue weighted by atomic mass is 79.9. The molecular weight excluding hydrogens is 306 g/mol. The molecule has 0 radical (unpaired) electrons. The van der Waals surface area contributed by atoms with Crippen LogP contribution in [-0.2, 0) is 13.1 Å². The number of rotatable bonds is 4. The Bertz CT molecular complexity index is 686. The Hall–Kier alpha value is -1.82. The number of nitrogens with zero attached hydrogens (tertiary/aromatic N) is 4. The van der Waals surface area contributed by atoms with Gasteiger partial charge in [-0.05, 0) is 30.7 Å². The highest BCUT2D eigenvalue weighted by Gasteiger charge is 2.08. The molecule has 0 aliphatic rings. The van der Waals surface area contributed by atoms with Crippen LogP contribution < -0.4 is 5.73 Å². The molecule has 2 aromatic heterocycles. The van der Waals surface area contributed by atoms with Crippen LogP contribution in [0, 0.1) is 0 Å². The van der Waals surface area contributed by atoms with Crippen LogP contribution in [0.25, 0.3) is 11.0 Å². The zero-order valence-corrected chi connectivity index (χ0v) is 11.9. The normalized spacial score (nSPS) is 11.2. The fraction of sp³-hybridized carbons (Fsp3) is 0.231. The van der Waals surface area contributed by atoms with Crippen molar-refractivity contribution in [3.63, 3.8) is 0 Å². The predicted octanol–water partition coefficient (Wildman–Crippen LogP) is 2.67. The summed E-state index contributed by atoms with van der Waals surface area (Å²) in [5.74, 6) is 0.563. The Kier molecular flexibility index (Phi) is 3.25. The third kappa shape index (κ3) is 2.49. The van der Waals surface area contributed by atoms with Crippen molar-refractivity contribution in [2.24, 2.45) is 0 Å². The number of benzene rings is 1. The molecule has 0 fully saturated rings. The zero-order chi connectivity index (χ0) is 13.2. The molecule has 1 aromatic carbocycles. The van der Waals surface area contributed by atoms with E-state index in [1.54, 1.807) is 6.20 Å². The SMILES string of the molecule is Nc1nc2ccc(Br)cc2n1CCCn1cccn1. The van der Waals surface area contributed by atoms with Crippen molar-refractivity contribution in [3.8, 4) is 0 Å². The lowest BCUT2D eigenvalue weighted by molar-refractivity contribution is 0.535. The summed E-state index contributed by atoms with van der Waals surface area (Å²) in [5, 5.41) is 4.19. The van der Waals surface area contributed by atoms with Gasteiger partial charge in [0.15, 0.2) is 0 Å². The smallest absolute Gasteiger partial charge is 0.201 e. The molecule has 6 heteroatoms. The van der Waals surface area contributed by atoms with Crippen molar-refractivity contribution in [3.05, 3.63) is 41.1 Å². The maximum Gasteiger partial charge on any atom is 0.201 e. The molecule has 0 aliphatic carbocycles. The number of aryl methyl sites for hydroxylation is 2. The maximum atomic E-state index is 5.98. The molecule has 98 valence electrons. The van der Waals surface area contributed by atoms with Crippen LogP contribution in [0.2, 0.25) is 0 Å². The lowest BCUT2D eigenvalue weighted by Gasteiger charge is -2.06. The quantitative estimate of drug-likeness (QED) is 0.804. The third-order valence-corrected chi connectivity index (χ3v) is 3.56. The molecule has 2 N–H and O–H groups in total. The summed E-state index contributed by atoms with van der Waals surface area (Å²) in [4.78, 5) is 4.37. The number of hydrogen-bond acceptors (Lipinski definition) is 3. The average Bonchev–Trinajstić information content (AvgIpc) is 2.99. The van der Waals surface area contributed by atoms with Crippen molar-refractivity contribution in [1.82, 2.24) is 19.3 Å². The van der Waals surface area contributed by atoms with E-state index in [0.29, 0.717) is 5.95 Å². The van der Waals surface area contributed by atoms with Gasteiger partial charge in [0.25, 0.3) is 0 Å². The predicted molar refractivity (Wildman–Crippen MR) is 78.7 cm³/mol. The van der Waals surface area contributed by atoms with E-state index in [1.165, 1.54) is 0 Å². The molecule has 3 rings (SSSR count). The minimum Gasteiger partial charge on any atom is -0.369 e. The van der Waals surface area contributed by atoms with E-state index in [9.17, 15) is 0 Å². The first-order valence-corrected chi connectivity index (χ1v) is 6.92. The molecule has 2 heterocycles. The Morgan fingerprint density at radius 2 is 2.16 bits per heavy atom. The van der Waals surface area contributed by atoms with Crippen LogP contribution >= 0.6 is 15.9 Å². The summed E-state index contributed by atoms with van der Waals surface area (Å²) in [5.41, 5.74) is 7.97. The van der Waals surface area contributed by atoms with E-state index in [0.717, 1.165) is 35.0 Å². The van der Waals surface area contributed by atoms with Crippen molar-refractivity contribution in [2.45, 2.75) is 19.5 Å². The molecule has 0 saturated heterocycles. The molecule has 3 aromatic rings. The van der Waals surface area contributed by atoms with Crippen LogP contribution in [0.1, 0.15) is 6.42 Å². The summed E-state index contributed by atoms with van der Waals surface area (Å²) in [6.07, 6.45) is 4.72. The van der Waals surface area contributed by atoms with Crippen molar-refractivity contribution < 1.29 is 0 Å². The highest BCUT2D eigenvalue weighted by Crippen LogP contribution is 2.22. The second kappa shape index (κ2) is 5.05. The maximum absolute atomic E-state index is 5.98. The third-order valence-electron chi connectivity index (χ3n) is 3.07. The molecule has 5 nitrogen and oxygen atoms in total. The summed E-state index contributed by atoms with van der Waals surface area (Å²) >= 11 is 3.48. The van der Waals surface area contributed by atoms with Crippen LogP contribution in [0.3, 0.4) is 0 Å². The molecule has 0 spiro atoms. The summed E-state index contributed by atoms with van der Waals surface area (Å²) in [7, 11) is 0. The molecular formula is C13H14BrN5. The number of aromatic nitrogens is 4. The Balaban J connectivity index is 1.80. The van der Waals surface area contributed by atoms with Crippen molar-refractivity contribution in [1.29, 1.82) is 0 Å². The van der Waals surface area contributed by atoms with Gasteiger partial charge in [0, 0.05) is 30.0 Å². The summed E-state index contributed by atoms with van der Waals surface area (Å²) in [6.45, 7) is 1.71. The molecule has 0 saturated carbocycles. The van der Waals surface area contributed by atoms with Gasteiger partial charge in [-0.25, -0.2) is 4.98 Å². The van der Waals surface area contributed by atoms with Crippen LogP contribution in [0.4, 0.5) is 5.95 Å². The number of imidazole rings is 1. The molecule has 0 bridgehead atoms. The minimum atomic E-state index is 0.563. The van der Waals surface area contributed by atoms with Gasteiger partial charge in [-0.3, -0.25) is 4.68 Å². The molecule has 19 heavy (non-hydrogen) atoms. The number of halogens is 1. The number of nitrogens with two attached hydrogens (primary N) is 1. The second-order valence-corrected chi connectivity index (χ2v) is 5.29. The van der Waals surface area contributed by atoms with Gasteiger partial charge >= 0.3 is 0 Å². The number of anilines is 1. The molecule has 0 atom stereocenters. The van der Waals surface area contributed by atoms with Crippen molar-refractivity contribution >= 4 is 32.9 Å². The average molecular weight is 320 g/mol. The van der Waals surface area contributed by atoms with Crippen molar-refractivity contribution in [2.75, 3.05) is 5.73 Å². The first-order valence-electron chi connectivity index (χ1n) is 6.13. The number of hydrogen-bond donors (Lipinski definition) is 1. The molecule has 0 amide bonds. The summed E-state index contributed by atoms with van der Waals surface area (Å²) < 4.78 is 5.00. The zero-order valence-electron chi connectivity index (χ0n) is 10.3. The largest absolute Gasteiger partial charge is 0.369 e. The standard InChI is InChI=1S/C13H14BrN5/c14-10-3-4-11-12(9-10)19(13(15)17-11)8-2-7-18-6-1-5-16-18/h1,3-6,9H,2,7-8H2,(H2,15,17). The van der Waals surface area contributed by atoms with Gasteiger partial charge in [-0.1, -0.05) is 15.9 Å². The highest BCUT2D eigenvalue weighted by molar-refractivity contribution is 9.10. The van der Waals surface area contributed by atoms with Gasteiger partial charge in [0.2, 0.25) is 5.95 Å². The number of fused-ring (bicyclic) bond motifs is 1. The van der Waals surface area contributed by atoms with Gasteiger partial charge in [-0.15, -0.1) is 0 Å². The first-order chi connectivity index (χ1) is 9.24.